The average molecular weight is 213 g/mol. The Morgan fingerprint density at radius 2 is 1.86 bits per heavy atom. The summed E-state index contributed by atoms with van der Waals surface area (Å²) in [6.45, 7) is 0. The first kappa shape index (κ1) is 10.5. The molecule has 74 valence electrons. The summed E-state index contributed by atoms with van der Waals surface area (Å²) in [6.07, 6.45) is 0. The normalized spacial score (nSPS) is 11.8. The van der Waals surface area contributed by atoms with E-state index in [1.165, 1.54) is 0 Å². The van der Waals surface area contributed by atoms with E-state index in [1.807, 2.05) is 5.32 Å². The minimum Gasteiger partial charge on any atom is -0.351 e. The van der Waals surface area contributed by atoms with Crippen molar-refractivity contribution in [2.45, 2.75) is 5.38 Å². The number of carbonyl (C=O) groups is 2. The molecule has 0 aliphatic rings. The first-order valence-electron chi connectivity index (χ1n) is 3.90. The summed E-state index contributed by atoms with van der Waals surface area (Å²) in [7, 11) is 0. The van der Waals surface area contributed by atoms with Gasteiger partial charge in [0.25, 0.3) is 5.91 Å². The number of benzene rings is 1. The van der Waals surface area contributed by atoms with Crippen LogP contribution < -0.4 is 11.1 Å². The van der Waals surface area contributed by atoms with Crippen LogP contribution in [0.4, 0.5) is 4.79 Å². The highest BCUT2D eigenvalue weighted by Gasteiger charge is 2.17. The van der Waals surface area contributed by atoms with Gasteiger partial charge in [-0.1, -0.05) is 30.3 Å². The molecule has 0 bridgehead atoms. The lowest BCUT2D eigenvalue weighted by Crippen LogP contribution is -2.36. The molecule has 1 aromatic rings. The monoisotopic (exact) mass is 212 g/mol. The number of primary amides is 1. The van der Waals surface area contributed by atoms with Crippen molar-refractivity contribution in [3.63, 3.8) is 0 Å². The van der Waals surface area contributed by atoms with Crippen molar-refractivity contribution < 1.29 is 9.59 Å². The van der Waals surface area contributed by atoms with Gasteiger partial charge in [0, 0.05) is 0 Å². The van der Waals surface area contributed by atoms with E-state index in [0.717, 1.165) is 0 Å². The molecule has 1 rings (SSSR count). The average Bonchev–Trinajstić information content (AvgIpc) is 2.17. The number of hydrogen-bond donors (Lipinski definition) is 2. The lowest BCUT2D eigenvalue weighted by molar-refractivity contribution is -0.119. The van der Waals surface area contributed by atoms with Gasteiger partial charge in [0.05, 0.1) is 0 Å². The molecule has 5 heteroatoms. The summed E-state index contributed by atoms with van der Waals surface area (Å²) < 4.78 is 0. The van der Waals surface area contributed by atoms with E-state index < -0.39 is 17.3 Å². The fourth-order valence-electron chi connectivity index (χ4n) is 0.958. The molecule has 3 amide bonds. The van der Waals surface area contributed by atoms with Gasteiger partial charge in [-0.3, -0.25) is 10.1 Å². The van der Waals surface area contributed by atoms with Crippen LogP contribution in [0.2, 0.25) is 0 Å². The highest BCUT2D eigenvalue weighted by molar-refractivity contribution is 6.31. The number of hydrogen-bond acceptors (Lipinski definition) is 2. The van der Waals surface area contributed by atoms with Crippen LogP contribution in [0.3, 0.4) is 0 Å². The minimum atomic E-state index is -0.906. The summed E-state index contributed by atoms with van der Waals surface area (Å²) in [5.41, 5.74) is 5.40. The van der Waals surface area contributed by atoms with E-state index >= 15 is 0 Å². The van der Waals surface area contributed by atoms with Crippen LogP contribution in [0.15, 0.2) is 30.3 Å². The molecule has 4 nitrogen and oxygen atoms in total. The summed E-state index contributed by atoms with van der Waals surface area (Å²) in [6, 6.07) is 7.79. The third kappa shape index (κ3) is 2.74. The van der Waals surface area contributed by atoms with Crippen LogP contribution in [0.25, 0.3) is 0 Å². The zero-order valence-corrected chi connectivity index (χ0v) is 7.99. The molecular weight excluding hydrogens is 204 g/mol. The van der Waals surface area contributed by atoms with Gasteiger partial charge < -0.3 is 5.73 Å². The molecule has 0 aromatic heterocycles. The van der Waals surface area contributed by atoms with Gasteiger partial charge in [-0.05, 0) is 5.56 Å². The predicted octanol–water partition coefficient (Wildman–Crippen LogP) is 1.16. The Bertz CT molecular complexity index is 340. The van der Waals surface area contributed by atoms with Crippen LogP contribution in [0, 0.1) is 0 Å². The fourth-order valence-corrected chi connectivity index (χ4v) is 1.16. The topological polar surface area (TPSA) is 72.2 Å². The van der Waals surface area contributed by atoms with E-state index in [2.05, 4.69) is 0 Å². The van der Waals surface area contributed by atoms with Crippen molar-refractivity contribution in [1.82, 2.24) is 5.32 Å². The van der Waals surface area contributed by atoms with Crippen LogP contribution in [0.5, 0.6) is 0 Å². The second kappa shape index (κ2) is 4.62. The Balaban J connectivity index is 2.71. The van der Waals surface area contributed by atoms with Crippen molar-refractivity contribution in [2.75, 3.05) is 0 Å². The number of carbonyl (C=O) groups excluding carboxylic acids is 2. The van der Waals surface area contributed by atoms with Crippen LogP contribution >= 0.6 is 11.6 Å². The quantitative estimate of drug-likeness (QED) is 0.723. The van der Waals surface area contributed by atoms with E-state index in [4.69, 9.17) is 17.3 Å². The van der Waals surface area contributed by atoms with Gasteiger partial charge in [-0.25, -0.2) is 4.79 Å². The first-order valence-corrected chi connectivity index (χ1v) is 4.34. The third-order valence-corrected chi connectivity index (χ3v) is 2.02. The minimum absolute atomic E-state index is 0.618. The van der Waals surface area contributed by atoms with E-state index in [-0.39, 0.29) is 0 Å². The Morgan fingerprint density at radius 3 is 2.36 bits per heavy atom. The first-order chi connectivity index (χ1) is 6.61. The summed E-state index contributed by atoms with van der Waals surface area (Å²) in [5, 5.41) is 1.01. The molecule has 0 aliphatic heterocycles. The predicted molar refractivity (Wildman–Crippen MR) is 52.8 cm³/mol. The number of halogens is 1. The van der Waals surface area contributed by atoms with Gasteiger partial charge in [0.15, 0.2) is 0 Å². The summed E-state index contributed by atoms with van der Waals surface area (Å²) >= 11 is 5.78. The second-order valence-electron chi connectivity index (χ2n) is 2.63. The molecule has 1 aromatic carbocycles. The van der Waals surface area contributed by atoms with Crippen molar-refractivity contribution in [3.05, 3.63) is 35.9 Å². The van der Waals surface area contributed by atoms with Crippen LogP contribution in [-0.2, 0) is 4.79 Å². The number of alkyl halides is 1. The number of urea groups is 1. The molecule has 14 heavy (non-hydrogen) atoms. The number of nitrogens with two attached hydrogens (primary N) is 1. The molecular formula is C9H9ClN2O2. The molecule has 0 aliphatic carbocycles. The van der Waals surface area contributed by atoms with Crippen molar-refractivity contribution in [1.29, 1.82) is 0 Å². The maximum atomic E-state index is 11.2. The smallest absolute Gasteiger partial charge is 0.318 e. The Hall–Kier alpha value is -1.55. The molecule has 0 radical (unpaired) electrons. The number of imide groups is 1. The zero-order chi connectivity index (χ0) is 10.6. The van der Waals surface area contributed by atoms with Crippen molar-refractivity contribution in [3.8, 4) is 0 Å². The van der Waals surface area contributed by atoms with Gasteiger partial charge in [0.2, 0.25) is 0 Å². The molecule has 0 heterocycles. The van der Waals surface area contributed by atoms with Gasteiger partial charge in [-0.15, -0.1) is 11.6 Å². The molecule has 0 saturated heterocycles. The van der Waals surface area contributed by atoms with Crippen LogP contribution in [0.1, 0.15) is 10.9 Å². The standard InChI is InChI=1S/C9H9ClN2O2/c10-7(8(13)12-9(11)14)6-4-2-1-3-5-6/h1-5,7H,(H3,11,12,13,14)/t7-/m1/s1. The Morgan fingerprint density at radius 1 is 1.29 bits per heavy atom. The molecule has 0 fully saturated rings. The van der Waals surface area contributed by atoms with Crippen LogP contribution in [-0.4, -0.2) is 11.9 Å². The molecule has 3 N–H and O–H groups in total. The second-order valence-corrected chi connectivity index (χ2v) is 3.06. The number of rotatable bonds is 2. The molecule has 0 saturated carbocycles. The zero-order valence-electron chi connectivity index (χ0n) is 7.24. The fraction of sp³-hybridized carbons (Fsp3) is 0.111. The maximum Gasteiger partial charge on any atom is 0.318 e. The summed E-state index contributed by atoms with van der Waals surface area (Å²) in [4.78, 5) is 21.6. The lowest BCUT2D eigenvalue weighted by atomic mass is 10.1. The number of amides is 3. The van der Waals surface area contributed by atoms with Gasteiger partial charge >= 0.3 is 6.03 Å². The third-order valence-electron chi connectivity index (χ3n) is 1.57. The number of nitrogens with one attached hydrogen (secondary N) is 1. The SMILES string of the molecule is NC(=O)NC(=O)[C@H](Cl)c1ccccc1. The van der Waals surface area contributed by atoms with E-state index in [9.17, 15) is 9.59 Å². The molecule has 0 unspecified atom stereocenters. The lowest BCUT2D eigenvalue weighted by Gasteiger charge is -2.07. The summed E-state index contributed by atoms with van der Waals surface area (Å²) in [5.74, 6) is -0.620. The molecule has 0 spiro atoms. The van der Waals surface area contributed by atoms with E-state index in [0.29, 0.717) is 5.56 Å². The van der Waals surface area contributed by atoms with Crippen molar-refractivity contribution >= 4 is 23.5 Å². The highest BCUT2D eigenvalue weighted by Crippen LogP contribution is 2.19. The maximum absolute atomic E-state index is 11.2. The van der Waals surface area contributed by atoms with E-state index in [1.54, 1.807) is 30.3 Å². The Labute approximate surface area is 86.0 Å². The highest BCUT2D eigenvalue weighted by atomic mass is 35.5. The Kier molecular flexibility index (Phi) is 3.48. The van der Waals surface area contributed by atoms with Gasteiger partial charge in [0.1, 0.15) is 5.38 Å². The van der Waals surface area contributed by atoms with Gasteiger partial charge in [-0.2, -0.15) is 0 Å². The largest absolute Gasteiger partial charge is 0.351 e. The van der Waals surface area contributed by atoms with Crippen molar-refractivity contribution in [2.24, 2.45) is 5.73 Å². The molecule has 1 atom stereocenters.